The lowest BCUT2D eigenvalue weighted by molar-refractivity contribution is 0.0754. The van der Waals surface area contributed by atoms with Crippen LogP contribution in [-0.2, 0) is 19.4 Å². The summed E-state index contributed by atoms with van der Waals surface area (Å²) in [6.07, 6.45) is 4.14. The van der Waals surface area contributed by atoms with Crippen molar-refractivity contribution in [3.63, 3.8) is 0 Å². The third-order valence-electron chi connectivity index (χ3n) is 5.62. The van der Waals surface area contributed by atoms with Gasteiger partial charge in [0.25, 0.3) is 5.91 Å². The van der Waals surface area contributed by atoms with Crippen LogP contribution < -0.4 is 0 Å². The Bertz CT molecular complexity index is 739. The lowest BCUT2D eigenvalue weighted by Gasteiger charge is -2.26. The number of fused-ring (bicyclic) bond motifs is 1. The summed E-state index contributed by atoms with van der Waals surface area (Å²) >= 11 is 0. The third-order valence-corrected chi connectivity index (χ3v) is 5.62. The van der Waals surface area contributed by atoms with E-state index in [0.717, 1.165) is 63.1 Å². The molecule has 1 N–H and O–H groups in total. The van der Waals surface area contributed by atoms with Gasteiger partial charge in [0.05, 0.1) is 0 Å². The van der Waals surface area contributed by atoms with Crippen molar-refractivity contribution in [3.8, 4) is 0 Å². The predicted molar refractivity (Wildman–Crippen MR) is 97.4 cm³/mol. The first kappa shape index (κ1) is 16.3. The number of nitrogens with zero attached hydrogens (tertiary/aromatic N) is 3. The fraction of sp³-hybridized carbons (Fsp3) is 0.500. The van der Waals surface area contributed by atoms with Crippen LogP contribution in [0.25, 0.3) is 0 Å². The Labute approximate surface area is 149 Å². The second-order valence-corrected chi connectivity index (χ2v) is 7.27. The van der Waals surface area contributed by atoms with E-state index in [1.165, 1.54) is 5.56 Å². The van der Waals surface area contributed by atoms with Crippen LogP contribution in [0.5, 0.6) is 0 Å². The van der Waals surface area contributed by atoms with Crippen LogP contribution in [0.15, 0.2) is 30.3 Å². The molecule has 5 heteroatoms. The second-order valence-electron chi connectivity index (χ2n) is 7.27. The number of carbonyl (C=O) groups excluding carboxylic acids is 1. The van der Waals surface area contributed by atoms with Crippen LogP contribution in [-0.4, -0.2) is 51.6 Å². The van der Waals surface area contributed by atoms with Crippen molar-refractivity contribution in [2.45, 2.75) is 45.2 Å². The summed E-state index contributed by atoms with van der Waals surface area (Å²) in [5, 5.41) is 7.38. The molecule has 4 rings (SSSR count). The normalized spacial score (nSPS) is 21.2. The van der Waals surface area contributed by atoms with Crippen molar-refractivity contribution in [1.29, 1.82) is 0 Å². The van der Waals surface area contributed by atoms with Gasteiger partial charge in [-0.3, -0.25) is 14.8 Å². The molecule has 1 aliphatic heterocycles. The Kier molecular flexibility index (Phi) is 4.57. The van der Waals surface area contributed by atoms with E-state index in [4.69, 9.17) is 0 Å². The third kappa shape index (κ3) is 3.33. The molecule has 1 fully saturated rings. The number of carbonyl (C=O) groups is 1. The Hall–Kier alpha value is -2.14. The minimum atomic E-state index is 0.105. The molecule has 2 aliphatic rings. The van der Waals surface area contributed by atoms with Gasteiger partial charge in [-0.05, 0) is 38.2 Å². The topological polar surface area (TPSA) is 52.2 Å². The highest BCUT2D eigenvalue weighted by Gasteiger charge is 2.29. The number of hydrogen-bond donors (Lipinski definition) is 1. The number of aryl methyl sites for hydroxylation is 1. The highest BCUT2D eigenvalue weighted by Crippen LogP contribution is 2.24. The highest BCUT2D eigenvalue weighted by molar-refractivity contribution is 5.94. The number of amides is 1. The van der Waals surface area contributed by atoms with E-state index in [9.17, 15) is 4.79 Å². The molecular weight excluding hydrogens is 312 g/mol. The molecule has 2 heterocycles. The monoisotopic (exact) mass is 338 g/mol. The molecule has 1 aromatic carbocycles. The Balaban J connectivity index is 1.44. The van der Waals surface area contributed by atoms with Crippen LogP contribution in [0.3, 0.4) is 0 Å². The van der Waals surface area contributed by atoms with Gasteiger partial charge in [-0.25, -0.2) is 0 Å². The van der Waals surface area contributed by atoms with E-state index in [0.29, 0.717) is 11.7 Å². The Morgan fingerprint density at radius 3 is 2.88 bits per heavy atom. The van der Waals surface area contributed by atoms with Gasteiger partial charge < -0.3 is 4.90 Å². The van der Waals surface area contributed by atoms with Crippen LogP contribution in [0, 0.1) is 0 Å². The molecule has 132 valence electrons. The average molecular weight is 338 g/mol. The van der Waals surface area contributed by atoms with Crippen molar-refractivity contribution in [2.24, 2.45) is 0 Å². The fourth-order valence-corrected chi connectivity index (χ4v) is 4.01. The molecule has 0 radical (unpaired) electrons. The molecule has 1 aliphatic carbocycles. The number of nitrogens with one attached hydrogen (secondary N) is 1. The van der Waals surface area contributed by atoms with E-state index in [1.54, 1.807) is 0 Å². The molecular formula is C20H26N4O. The second kappa shape index (κ2) is 7.00. The molecule has 0 unspecified atom stereocenters. The molecule has 5 nitrogen and oxygen atoms in total. The van der Waals surface area contributed by atoms with E-state index in [2.05, 4.69) is 52.4 Å². The summed E-state index contributed by atoms with van der Waals surface area (Å²) < 4.78 is 0. The van der Waals surface area contributed by atoms with Gasteiger partial charge in [0.1, 0.15) is 0 Å². The van der Waals surface area contributed by atoms with Crippen LogP contribution in [0.1, 0.15) is 47.1 Å². The standard InChI is InChI=1S/C20H26N4O/c1-15-10-11-23(12-13-24(15)14-16-6-3-2-4-7-16)20(25)19-17-8-5-9-18(17)21-22-19/h2-4,6-7,15H,5,8-14H2,1H3,(H,21,22)/t15-/m1/s1. The van der Waals surface area contributed by atoms with E-state index in [1.807, 2.05) is 4.90 Å². The summed E-state index contributed by atoms with van der Waals surface area (Å²) in [7, 11) is 0. The average Bonchev–Trinajstić information content (AvgIpc) is 3.19. The van der Waals surface area contributed by atoms with Gasteiger partial charge in [0.15, 0.2) is 5.69 Å². The SMILES string of the molecule is C[C@@H]1CCN(C(=O)c2n[nH]c3c2CCC3)CCN1Cc1ccccc1. The zero-order chi connectivity index (χ0) is 17.2. The number of H-pyrrole nitrogens is 1. The largest absolute Gasteiger partial charge is 0.336 e. The van der Waals surface area contributed by atoms with Crippen molar-refractivity contribution in [1.82, 2.24) is 20.0 Å². The van der Waals surface area contributed by atoms with Crippen LogP contribution >= 0.6 is 0 Å². The van der Waals surface area contributed by atoms with Gasteiger partial charge in [0, 0.05) is 43.5 Å². The van der Waals surface area contributed by atoms with E-state index < -0.39 is 0 Å². The first-order valence-electron chi connectivity index (χ1n) is 9.35. The summed E-state index contributed by atoms with van der Waals surface area (Å²) in [5.41, 5.74) is 4.32. The van der Waals surface area contributed by atoms with Crippen molar-refractivity contribution < 1.29 is 4.79 Å². The molecule has 0 bridgehead atoms. The minimum Gasteiger partial charge on any atom is -0.336 e. The first-order valence-corrected chi connectivity index (χ1v) is 9.35. The van der Waals surface area contributed by atoms with Crippen LogP contribution in [0.4, 0.5) is 0 Å². The lowest BCUT2D eigenvalue weighted by atomic mass is 10.1. The smallest absolute Gasteiger partial charge is 0.274 e. The molecule has 2 aromatic rings. The molecule has 1 aromatic heterocycles. The molecule has 1 amide bonds. The van der Waals surface area contributed by atoms with Crippen molar-refractivity contribution >= 4 is 5.91 Å². The van der Waals surface area contributed by atoms with Gasteiger partial charge in [-0.2, -0.15) is 5.10 Å². The number of benzene rings is 1. The molecule has 1 saturated heterocycles. The highest BCUT2D eigenvalue weighted by atomic mass is 16.2. The number of hydrogen-bond acceptors (Lipinski definition) is 3. The number of aromatic nitrogens is 2. The quantitative estimate of drug-likeness (QED) is 0.936. The molecule has 1 atom stereocenters. The minimum absolute atomic E-state index is 0.105. The predicted octanol–water partition coefficient (Wildman–Crippen LogP) is 2.64. The van der Waals surface area contributed by atoms with Crippen LogP contribution in [0.2, 0.25) is 0 Å². The Morgan fingerprint density at radius 1 is 1.20 bits per heavy atom. The zero-order valence-corrected chi connectivity index (χ0v) is 14.9. The summed E-state index contributed by atoms with van der Waals surface area (Å²) in [6.45, 7) is 5.71. The summed E-state index contributed by atoms with van der Waals surface area (Å²) in [5.74, 6) is 0.105. The first-order chi connectivity index (χ1) is 12.2. The molecule has 0 saturated carbocycles. The maximum Gasteiger partial charge on any atom is 0.274 e. The lowest BCUT2D eigenvalue weighted by Crippen LogP contribution is -2.36. The molecule has 25 heavy (non-hydrogen) atoms. The maximum absolute atomic E-state index is 13.0. The van der Waals surface area contributed by atoms with Crippen molar-refractivity contribution in [3.05, 3.63) is 52.8 Å². The van der Waals surface area contributed by atoms with Gasteiger partial charge in [-0.1, -0.05) is 30.3 Å². The van der Waals surface area contributed by atoms with Crippen molar-refractivity contribution in [2.75, 3.05) is 19.6 Å². The van der Waals surface area contributed by atoms with Gasteiger partial charge in [-0.15, -0.1) is 0 Å². The van der Waals surface area contributed by atoms with Gasteiger partial charge >= 0.3 is 0 Å². The zero-order valence-electron chi connectivity index (χ0n) is 14.9. The van der Waals surface area contributed by atoms with E-state index >= 15 is 0 Å². The van der Waals surface area contributed by atoms with E-state index in [-0.39, 0.29) is 5.91 Å². The fourth-order valence-electron chi connectivity index (χ4n) is 4.01. The van der Waals surface area contributed by atoms with Gasteiger partial charge in [0.2, 0.25) is 0 Å². The Morgan fingerprint density at radius 2 is 2.04 bits per heavy atom. The summed E-state index contributed by atoms with van der Waals surface area (Å²) in [4.78, 5) is 17.4. The maximum atomic E-state index is 13.0. The number of aromatic amines is 1. The summed E-state index contributed by atoms with van der Waals surface area (Å²) in [6, 6.07) is 11.1. The molecule has 0 spiro atoms. The number of rotatable bonds is 3.